The number of rotatable bonds is 6. The summed E-state index contributed by atoms with van der Waals surface area (Å²) in [6.45, 7) is 7.88. The number of hydrogen-bond donors (Lipinski definition) is 1. The number of aromatic nitrogens is 2. The van der Waals surface area contributed by atoms with Crippen molar-refractivity contribution in [2.24, 2.45) is 7.05 Å². The lowest BCUT2D eigenvalue weighted by molar-refractivity contribution is -0.0241. The van der Waals surface area contributed by atoms with Gasteiger partial charge in [0.15, 0.2) is 4.77 Å². The van der Waals surface area contributed by atoms with Crippen LogP contribution in [0, 0.1) is 18.6 Å². The van der Waals surface area contributed by atoms with Gasteiger partial charge < -0.3 is 10.1 Å². The first kappa shape index (κ1) is 22.5. The van der Waals surface area contributed by atoms with Gasteiger partial charge in [0.25, 0.3) is 5.56 Å². The first-order chi connectivity index (χ1) is 15.4. The number of nitrogens with zero attached hydrogens (tertiary/aromatic N) is 3. The molecule has 32 heavy (non-hydrogen) atoms. The Hall–Kier alpha value is -2.74. The molecule has 6 nitrogen and oxygen atoms in total. The van der Waals surface area contributed by atoms with Crippen LogP contribution in [-0.4, -0.2) is 46.4 Å². The van der Waals surface area contributed by atoms with Gasteiger partial charge in [0.2, 0.25) is 0 Å². The fourth-order valence-corrected chi connectivity index (χ4v) is 4.37. The summed E-state index contributed by atoms with van der Waals surface area (Å²) in [5.41, 5.74) is 4.05. The molecule has 1 aliphatic heterocycles. The van der Waals surface area contributed by atoms with E-state index in [2.05, 4.69) is 41.4 Å². The van der Waals surface area contributed by atoms with Gasteiger partial charge in [0.1, 0.15) is 5.82 Å². The van der Waals surface area contributed by atoms with E-state index in [1.54, 1.807) is 7.05 Å². The van der Waals surface area contributed by atoms with E-state index in [1.807, 2.05) is 41.8 Å². The van der Waals surface area contributed by atoms with Gasteiger partial charge in [-0.3, -0.25) is 18.8 Å². The zero-order valence-corrected chi connectivity index (χ0v) is 19.7. The maximum atomic E-state index is 12.7. The molecule has 7 heteroatoms. The summed E-state index contributed by atoms with van der Waals surface area (Å²) in [4.78, 5) is 15.1. The third-order valence-corrected chi connectivity index (χ3v) is 6.40. The molecule has 0 saturated carbocycles. The molecule has 1 fully saturated rings. The molecule has 0 amide bonds. The smallest absolute Gasteiger partial charge is 0.259 e. The highest BCUT2D eigenvalue weighted by molar-refractivity contribution is 7.71. The van der Waals surface area contributed by atoms with Gasteiger partial charge in [-0.1, -0.05) is 48.0 Å². The SMILES string of the molecule is Cc1ccc(CN2CCOC(CNc3c(C)c(=O)n(C)c(=S)n3-c3ccccc3)C2)cc1. The molecule has 0 radical (unpaired) electrons. The first-order valence-corrected chi connectivity index (χ1v) is 11.4. The Bertz CT molecular complexity index is 1190. The van der Waals surface area contributed by atoms with E-state index in [9.17, 15) is 4.79 Å². The predicted octanol–water partition coefficient (Wildman–Crippen LogP) is 3.84. The minimum absolute atomic E-state index is 0.0236. The topological polar surface area (TPSA) is 51.4 Å². The molecule has 0 spiro atoms. The van der Waals surface area contributed by atoms with Crippen LogP contribution in [0.25, 0.3) is 5.69 Å². The van der Waals surface area contributed by atoms with Crippen molar-refractivity contribution in [3.63, 3.8) is 0 Å². The number of morpholine rings is 1. The van der Waals surface area contributed by atoms with Crippen LogP contribution in [0.1, 0.15) is 16.7 Å². The Morgan fingerprint density at radius 2 is 1.81 bits per heavy atom. The highest BCUT2D eigenvalue weighted by Gasteiger charge is 2.22. The van der Waals surface area contributed by atoms with Crippen molar-refractivity contribution in [3.05, 3.63) is 86.4 Å². The van der Waals surface area contributed by atoms with E-state index in [0.717, 1.165) is 31.1 Å². The number of ether oxygens (including phenoxy) is 1. The van der Waals surface area contributed by atoms with Gasteiger partial charge in [-0.25, -0.2) is 0 Å². The minimum Gasteiger partial charge on any atom is -0.374 e. The average Bonchev–Trinajstić information content (AvgIpc) is 2.81. The van der Waals surface area contributed by atoms with Crippen molar-refractivity contribution in [2.75, 3.05) is 31.6 Å². The molecule has 0 bridgehead atoms. The Labute approximate surface area is 194 Å². The average molecular weight is 451 g/mol. The molecule has 1 aliphatic rings. The molecule has 4 rings (SSSR count). The third kappa shape index (κ3) is 4.85. The Morgan fingerprint density at radius 1 is 1.09 bits per heavy atom. The lowest BCUT2D eigenvalue weighted by Gasteiger charge is -2.33. The lowest BCUT2D eigenvalue weighted by Crippen LogP contribution is -2.45. The second-order valence-corrected chi connectivity index (χ2v) is 8.75. The molecule has 1 atom stereocenters. The fourth-order valence-electron chi connectivity index (χ4n) is 4.09. The summed E-state index contributed by atoms with van der Waals surface area (Å²) < 4.78 is 9.94. The van der Waals surface area contributed by atoms with Crippen molar-refractivity contribution in [3.8, 4) is 5.69 Å². The molecule has 2 aromatic carbocycles. The van der Waals surface area contributed by atoms with Crippen LogP contribution < -0.4 is 10.9 Å². The highest BCUT2D eigenvalue weighted by atomic mass is 32.1. The molecular weight excluding hydrogens is 420 g/mol. The number of nitrogens with one attached hydrogen (secondary N) is 1. The van der Waals surface area contributed by atoms with Crippen LogP contribution in [0.15, 0.2) is 59.4 Å². The summed E-state index contributed by atoms with van der Waals surface area (Å²) in [5.74, 6) is 0.726. The minimum atomic E-state index is -0.0877. The molecule has 1 N–H and O–H groups in total. The van der Waals surface area contributed by atoms with E-state index < -0.39 is 0 Å². The summed E-state index contributed by atoms with van der Waals surface area (Å²) in [5, 5.41) is 3.48. The summed E-state index contributed by atoms with van der Waals surface area (Å²) >= 11 is 5.63. The van der Waals surface area contributed by atoms with Crippen molar-refractivity contribution in [1.82, 2.24) is 14.0 Å². The maximum absolute atomic E-state index is 12.7. The quantitative estimate of drug-likeness (QED) is 0.579. The predicted molar refractivity (Wildman–Crippen MR) is 131 cm³/mol. The summed E-state index contributed by atoms with van der Waals surface area (Å²) in [6, 6.07) is 18.6. The monoisotopic (exact) mass is 450 g/mol. The van der Waals surface area contributed by atoms with Gasteiger partial charge >= 0.3 is 0 Å². The molecule has 1 aromatic heterocycles. The van der Waals surface area contributed by atoms with Gasteiger partial charge in [0, 0.05) is 38.9 Å². The molecule has 1 unspecified atom stereocenters. The van der Waals surface area contributed by atoms with Gasteiger partial charge in [0.05, 0.1) is 18.3 Å². The van der Waals surface area contributed by atoms with Crippen LogP contribution in [0.3, 0.4) is 0 Å². The Balaban J connectivity index is 1.52. The van der Waals surface area contributed by atoms with Crippen molar-refractivity contribution in [2.45, 2.75) is 26.5 Å². The van der Waals surface area contributed by atoms with Crippen LogP contribution in [0.5, 0.6) is 0 Å². The maximum Gasteiger partial charge on any atom is 0.259 e. The molecule has 168 valence electrons. The third-order valence-electron chi connectivity index (χ3n) is 5.94. The second-order valence-electron chi connectivity index (χ2n) is 8.39. The largest absolute Gasteiger partial charge is 0.374 e. The van der Waals surface area contributed by atoms with E-state index >= 15 is 0 Å². The number of hydrogen-bond acceptors (Lipinski definition) is 5. The van der Waals surface area contributed by atoms with E-state index in [-0.39, 0.29) is 11.7 Å². The standard InChI is InChI=1S/C25H30N4O2S/c1-18-9-11-20(12-10-18)16-28-13-14-31-22(17-28)15-26-23-19(2)24(30)27(3)25(32)29(23)21-7-5-4-6-8-21/h4-12,22,26H,13-17H2,1-3H3. The number of anilines is 1. The number of para-hydroxylation sites is 1. The molecule has 0 aliphatic carbocycles. The van der Waals surface area contributed by atoms with E-state index in [4.69, 9.17) is 17.0 Å². The molecular formula is C25H30N4O2S. The van der Waals surface area contributed by atoms with Gasteiger partial charge in [-0.15, -0.1) is 0 Å². The van der Waals surface area contributed by atoms with Crippen LogP contribution in [-0.2, 0) is 18.3 Å². The van der Waals surface area contributed by atoms with Crippen molar-refractivity contribution >= 4 is 18.0 Å². The van der Waals surface area contributed by atoms with Crippen molar-refractivity contribution < 1.29 is 4.74 Å². The van der Waals surface area contributed by atoms with Gasteiger partial charge in [-0.2, -0.15) is 0 Å². The molecule has 2 heterocycles. The zero-order chi connectivity index (χ0) is 22.7. The van der Waals surface area contributed by atoms with Crippen LogP contribution in [0.4, 0.5) is 5.82 Å². The van der Waals surface area contributed by atoms with E-state index in [0.29, 0.717) is 23.5 Å². The van der Waals surface area contributed by atoms with Gasteiger partial charge in [-0.05, 0) is 43.8 Å². The first-order valence-electron chi connectivity index (χ1n) is 11.0. The Kier molecular flexibility index (Phi) is 6.89. The highest BCUT2D eigenvalue weighted by Crippen LogP contribution is 2.20. The summed E-state index contributed by atoms with van der Waals surface area (Å²) in [6.07, 6.45) is 0.0236. The molecule has 3 aromatic rings. The fraction of sp³-hybridized carbons (Fsp3) is 0.360. The number of aryl methyl sites for hydroxylation is 1. The second kappa shape index (κ2) is 9.81. The normalized spacial score (nSPS) is 16.8. The van der Waals surface area contributed by atoms with Crippen molar-refractivity contribution in [1.29, 1.82) is 0 Å². The van der Waals surface area contributed by atoms with Crippen LogP contribution in [0.2, 0.25) is 0 Å². The lowest BCUT2D eigenvalue weighted by atomic mass is 10.1. The Morgan fingerprint density at radius 3 is 2.53 bits per heavy atom. The zero-order valence-electron chi connectivity index (χ0n) is 18.9. The van der Waals surface area contributed by atoms with E-state index in [1.165, 1.54) is 15.7 Å². The van der Waals surface area contributed by atoms with Crippen LogP contribution >= 0.6 is 12.2 Å². The number of benzene rings is 2. The summed E-state index contributed by atoms with van der Waals surface area (Å²) in [7, 11) is 1.72. The molecule has 1 saturated heterocycles.